The first kappa shape index (κ1) is 16.6. The molecule has 4 rings (SSSR count). The van der Waals surface area contributed by atoms with E-state index in [1.807, 2.05) is 0 Å². The van der Waals surface area contributed by atoms with Crippen molar-refractivity contribution in [1.29, 1.82) is 5.26 Å². The minimum Gasteiger partial charge on any atom is -0.390 e. The average Bonchev–Trinajstić information content (AvgIpc) is 3.15. The van der Waals surface area contributed by atoms with Gasteiger partial charge < -0.3 is 9.84 Å². The molecule has 0 amide bonds. The Balaban J connectivity index is 1.76. The van der Waals surface area contributed by atoms with Crippen LogP contribution in [0.5, 0.6) is 0 Å². The molecule has 0 radical (unpaired) electrons. The number of ether oxygens (including phenoxy) is 1. The highest BCUT2D eigenvalue weighted by molar-refractivity contribution is 7.93. The van der Waals surface area contributed by atoms with Crippen LogP contribution < -0.4 is 4.31 Å². The number of alkyl halides is 3. The molecule has 3 aliphatic rings. The van der Waals surface area contributed by atoms with Gasteiger partial charge in [0, 0.05) is 18.9 Å². The molecule has 3 saturated heterocycles. The van der Waals surface area contributed by atoms with Crippen LogP contribution in [0.4, 0.5) is 18.9 Å². The van der Waals surface area contributed by atoms with Crippen molar-refractivity contribution in [2.75, 3.05) is 10.8 Å². The predicted octanol–water partition coefficient (Wildman–Crippen LogP) is 1.24. The van der Waals surface area contributed by atoms with Crippen LogP contribution in [0.3, 0.4) is 0 Å². The maximum Gasteiger partial charge on any atom is 0.417 e. The van der Waals surface area contributed by atoms with Crippen molar-refractivity contribution in [3.8, 4) is 6.07 Å². The van der Waals surface area contributed by atoms with Gasteiger partial charge in [-0.2, -0.15) is 18.4 Å². The summed E-state index contributed by atoms with van der Waals surface area (Å²) >= 11 is 0. The highest BCUT2D eigenvalue weighted by atomic mass is 32.2. The van der Waals surface area contributed by atoms with Crippen LogP contribution >= 0.6 is 0 Å². The van der Waals surface area contributed by atoms with Crippen LogP contribution in [0, 0.1) is 17.2 Å². The lowest BCUT2D eigenvalue weighted by Crippen LogP contribution is -2.40. The maximum absolute atomic E-state index is 13.1. The summed E-state index contributed by atoms with van der Waals surface area (Å²) in [7, 11) is -3.91. The first-order valence-electron chi connectivity index (χ1n) is 7.61. The molecule has 2 bridgehead atoms. The molecule has 0 saturated carbocycles. The second-order valence-corrected chi connectivity index (χ2v) is 8.50. The molecule has 0 unspecified atom stereocenters. The highest BCUT2D eigenvalue weighted by Gasteiger charge is 2.64. The van der Waals surface area contributed by atoms with Crippen LogP contribution in [-0.2, 0) is 20.9 Å². The van der Waals surface area contributed by atoms with E-state index in [0.29, 0.717) is 6.07 Å². The molecular formula is C15H13F3N2O4S. The fourth-order valence-electron chi connectivity index (χ4n) is 4.12. The Bertz CT molecular complexity index is 880. The van der Waals surface area contributed by atoms with Crippen LogP contribution in [0.1, 0.15) is 17.5 Å². The third-order valence-corrected chi connectivity index (χ3v) is 7.46. The molecule has 3 heterocycles. The SMILES string of the molecule is N#Cc1ccc(N2C[C@H]3[C@@H]4O[C@H](C[C@@H]4O)[C@H]3S2(=O)=O)cc1C(F)(F)F. The number of halogens is 3. The van der Waals surface area contributed by atoms with Gasteiger partial charge in [-0.3, -0.25) is 4.31 Å². The van der Waals surface area contributed by atoms with Gasteiger partial charge in [0.15, 0.2) is 0 Å². The average molecular weight is 374 g/mol. The Morgan fingerprint density at radius 2 is 2.08 bits per heavy atom. The second kappa shape index (κ2) is 5.09. The number of fused-ring (bicyclic) bond motifs is 5. The molecule has 0 spiro atoms. The van der Waals surface area contributed by atoms with Crippen LogP contribution in [-0.4, -0.2) is 43.6 Å². The lowest BCUT2D eigenvalue weighted by Gasteiger charge is -2.22. The topological polar surface area (TPSA) is 90.6 Å². The van der Waals surface area contributed by atoms with Gasteiger partial charge in [0.25, 0.3) is 0 Å². The highest BCUT2D eigenvalue weighted by Crippen LogP contribution is 2.49. The van der Waals surface area contributed by atoms with E-state index in [9.17, 15) is 26.7 Å². The molecule has 6 nitrogen and oxygen atoms in total. The number of aliphatic hydroxyl groups is 1. The smallest absolute Gasteiger partial charge is 0.390 e. The summed E-state index contributed by atoms with van der Waals surface area (Å²) in [4.78, 5) is 0. The van der Waals surface area contributed by atoms with E-state index < -0.39 is 56.8 Å². The lowest BCUT2D eigenvalue weighted by molar-refractivity contribution is -0.137. The molecule has 0 aliphatic carbocycles. The third kappa shape index (κ3) is 2.26. The molecule has 10 heteroatoms. The van der Waals surface area contributed by atoms with Crippen molar-refractivity contribution in [3.63, 3.8) is 0 Å². The quantitative estimate of drug-likeness (QED) is 0.799. The molecular weight excluding hydrogens is 361 g/mol. The number of aliphatic hydroxyl groups excluding tert-OH is 1. The largest absolute Gasteiger partial charge is 0.417 e. The van der Waals surface area contributed by atoms with Crippen LogP contribution in [0.15, 0.2) is 18.2 Å². The summed E-state index contributed by atoms with van der Waals surface area (Å²) in [5, 5.41) is 17.9. The number of nitrogens with zero attached hydrogens (tertiary/aromatic N) is 2. The van der Waals surface area contributed by atoms with E-state index >= 15 is 0 Å². The van der Waals surface area contributed by atoms with Gasteiger partial charge in [-0.15, -0.1) is 0 Å². The van der Waals surface area contributed by atoms with Crippen molar-refractivity contribution < 1.29 is 31.4 Å². The monoisotopic (exact) mass is 374 g/mol. The number of rotatable bonds is 1. The minimum absolute atomic E-state index is 0.0472. The first-order valence-corrected chi connectivity index (χ1v) is 9.11. The summed E-state index contributed by atoms with van der Waals surface area (Å²) in [5.74, 6) is -0.483. The number of nitriles is 1. The van der Waals surface area contributed by atoms with Gasteiger partial charge in [0.2, 0.25) is 10.0 Å². The van der Waals surface area contributed by atoms with Gasteiger partial charge in [0.05, 0.1) is 41.2 Å². The van der Waals surface area contributed by atoms with Crippen molar-refractivity contribution >= 4 is 15.7 Å². The van der Waals surface area contributed by atoms with Gasteiger partial charge >= 0.3 is 6.18 Å². The van der Waals surface area contributed by atoms with E-state index in [0.717, 1.165) is 10.4 Å². The number of hydrogen-bond donors (Lipinski definition) is 1. The Morgan fingerprint density at radius 3 is 2.72 bits per heavy atom. The fraction of sp³-hybridized carbons (Fsp3) is 0.533. The Labute approximate surface area is 141 Å². The summed E-state index contributed by atoms with van der Waals surface area (Å²) in [6.45, 7) is -0.0472. The number of hydrogen-bond acceptors (Lipinski definition) is 5. The number of anilines is 1. The molecule has 3 fully saturated rings. The van der Waals surface area contributed by atoms with Crippen molar-refractivity contribution in [3.05, 3.63) is 29.3 Å². The zero-order valence-corrected chi connectivity index (χ0v) is 13.5. The van der Waals surface area contributed by atoms with E-state index in [2.05, 4.69) is 0 Å². The Morgan fingerprint density at radius 1 is 1.36 bits per heavy atom. The molecule has 1 aromatic rings. The second-order valence-electron chi connectivity index (χ2n) is 6.49. The van der Waals surface area contributed by atoms with Crippen molar-refractivity contribution in [2.45, 2.75) is 36.2 Å². The standard InChI is InChI=1S/C15H13F3N2O4S/c16-15(17,18)10-3-8(2-1-7(10)5-19)20-6-9-13-11(21)4-12(24-13)14(9)25(20,22)23/h1-3,9,11-14,21H,4,6H2/t9-,11-,12+,13-,14-/m0/s1. The van der Waals surface area contributed by atoms with E-state index in [1.54, 1.807) is 0 Å². The van der Waals surface area contributed by atoms with Gasteiger partial charge in [-0.05, 0) is 18.2 Å². The Hall–Kier alpha value is -1.83. The lowest BCUT2D eigenvalue weighted by atomic mass is 9.87. The molecule has 0 aromatic heterocycles. The van der Waals surface area contributed by atoms with Gasteiger partial charge in [-0.1, -0.05) is 0 Å². The predicted molar refractivity (Wildman–Crippen MR) is 79.0 cm³/mol. The number of sulfonamides is 1. The Kier molecular flexibility index (Phi) is 3.39. The van der Waals surface area contributed by atoms with Gasteiger partial charge in [-0.25, -0.2) is 8.42 Å². The van der Waals surface area contributed by atoms with Crippen LogP contribution in [0.25, 0.3) is 0 Å². The summed E-state index contributed by atoms with van der Waals surface area (Å²) < 4.78 is 71.5. The molecule has 1 aromatic carbocycles. The minimum atomic E-state index is -4.77. The summed E-state index contributed by atoms with van der Waals surface area (Å²) in [5.41, 5.74) is -1.86. The molecule has 1 N–H and O–H groups in total. The summed E-state index contributed by atoms with van der Waals surface area (Å²) in [6, 6.07) is 4.33. The zero-order chi connectivity index (χ0) is 18.1. The molecule has 25 heavy (non-hydrogen) atoms. The zero-order valence-electron chi connectivity index (χ0n) is 12.6. The van der Waals surface area contributed by atoms with E-state index in [-0.39, 0.29) is 18.7 Å². The van der Waals surface area contributed by atoms with Crippen LogP contribution in [0.2, 0.25) is 0 Å². The molecule has 5 atom stereocenters. The third-order valence-electron chi connectivity index (χ3n) is 5.14. The summed E-state index contributed by atoms with van der Waals surface area (Å²) in [6.07, 6.45) is -6.57. The molecule has 3 aliphatic heterocycles. The van der Waals surface area contributed by atoms with Crippen molar-refractivity contribution in [2.24, 2.45) is 5.92 Å². The van der Waals surface area contributed by atoms with Gasteiger partial charge in [0.1, 0.15) is 5.25 Å². The molecule has 134 valence electrons. The fourth-order valence-corrected chi connectivity index (χ4v) is 6.44. The van der Waals surface area contributed by atoms with E-state index in [4.69, 9.17) is 10.00 Å². The maximum atomic E-state index is 13.1. The normalized spacial score (nSPS) is 35.6. The van der Waals surface area contributed by atoms with E-state index in [1.165, 1.54) is 12.1 Å². The first-order chi connectivity index (χ1) is 11.6. The van der Waals surface area contributed by atoms with Crippen molar-refractivity contribution in [1.82, 2.24) is 0 Å². The number of benzene rings is 1.